The largest absolute Gasteiger partial charge is 0.380 e. The van der Waals surface area contributed by atoms with E-state index in [0.717, 1.165) is 44.7 Å². The number of hydrogen-bond donors (Lipinski definition) is 2. The molecule has 27 heavy (non-hydrogen) atoms. The molecule has 1 unspecified atom stereocenters. The third-order valence-corrected chi connectivity index (χ3v) is 5.75. The highest BCUT2D eigenvalue weighted by molar-refractivity contribution is 5.72. The molecule has 0 saturated carbocycles. The lowest BCUT2D eigenvalue weighted by Crippen LogP contribution is -2.56. The molecule has 0 bridgehead atoms. The molecule has 0 aromatic carbocycles. The van der Waals surface area contributed by atoms with Crippen molar-refractivity contribution >= 4 is 6.03 Å². The molecule has 2 aliphatic heterocycles. The minimum atomic E-state index is -0.351. The molecule has 0 aliphatic carbocycles. The molecule has 2 saturated heterocycles. The Morgan fingerprint density at radius 2 is 2.11 bits per heavy atom. The van der Waals surface area contributed by atoms with Crippen LogP contribution in [-0.4, -0.2) is 88.0 Å². The molecule has 2 aliphatic rings. The van der Waals surface area contributed by atoms with Crippen molar-refractivity contribution in [1.82, 2.24) is 35.3 Å². The van der Waals surface area contributed by atoms with Crippen molar-refractivity contribution in [2.24, 2.45) is 5.73 Å². The number of piperidine rings is 1. The summed E-state index contributed by atoms with van der Waals surface area (Å²) in [5.74, 6) is 0.871. The number of tetrazole rings is 1. The standard InChI is InChI=1S/C17H32N8O2/c1-3-23-9-6-17(7-10-23,19-14-5-8-24(13-14)16(18)26)15-20-21-22-25(15)11-12-27-4-2/h14,19H,3-13H2,1-2H3,(H2,18,26). The van der Waals surface area contributed by atoms with E-state index in [2.05, 4.69) is 32.7 Å². The Hall–Kier alpha value is -1.78. The van der Waals surface area contributed by atoms with Gasteiger partial charge in [-0.2, -0.15) is 0 Å². The summed E-state index contributed by atoms with van der Waals surface area (Å²) in [5, 5.41) is 16.4. The van der Waals surface area contributed by atoms with Gasteiger partial charge >= 0.3 is 6.03 Å². The fourth-order valence-electron chi connectivity index (χ4n) is 4.15. The number of nitrogens with two attached hydrogens (primary N) is 1. The average molecular weight is 380 g/mol. The maximum atomic E-state index is 11.5. The molecule has 10 nitrogen and oxygen atoms in total. The van der Waals surface area contributed by atoms with E-state index in [9.17, 15) is 4.79 Å². The predicted octanol–water partition coefficient (Wildman–Crippen LogP) is -0.237. The summed E-state index contributed by atoms with van der Waals surface area (Å²) in [6.45, 7) is 10.4. The van der Waals surface area contributed by atoms with Gasteiger partial charge in [0.25, 0.3) is 0 Å². The number of nitrogens with zero attached hydrogens (tertiary/aromatic N) is 6. The van der Waals surface area contributed by atoms with Crippen LogP contribution in [0.15, 0.2) is 0 Å². The molecule has 152 valence electrons. The molecule has 0 radical (unpaired) electrons. The Labute approximate surface area is 160 Å². The molecule has 1 aromatic rings. The Morgan fingerprint density at radius 3 is 2.74 bits per heavy atom. The van der Waals surface area contributed by atoms with E-state index < -0.39 is 0 Å². The second-order valence-electron chi connectivity index (χ2n) is 7.35. The second kappa shape index (κ2) is 8.94. The smallest absolute Gasteiger partial charge is 0.314 e. The molecule has 2 fully saturated rings. The summed E-state index contributed by atoms with van der Waals surface area (Å²) in [7, 11) is 0. The summed E-state index contributed by atoms with van der Waals surface area (Å²) in [4.78, 5) is 15.6. The number of likely N-dealkylation sites (tertiary alicyclic amines) is 2. The summed E-state index contributed by atoms with van der Waals surface area (Å²) < 4.78 is 7.35. The summed E-state index contributed by atoms with van der Waals surface area (Å²) in [5.41, 5.74) is 5.16. The van der Waals surface area contributed by atoms with Gasteiger partial charge < -0.3 is 20.3 Å². The number of nitrogens with one attached hydrogen (secondary N) is 1. The first-order valence-electron chi connectivity index (χ1n) is 9.96. The lowest BCUT2D eigenvalue weighted by Gasteiger charge is -2.42. The third-order valence-electron chi connectivity index (χ3n) is 5.75. The van der Waals surface area contributed by atoms with E-state index in [1.54, 1.807) is 4.90 Å². The molecular weight excluding hydrogens is 348 g/mol. The Balaban J connectivity index is 1.77. The van der Waals surface area contributed by atoms with E-state index in [0.29, 0.717) is 32.8 Å². The maximum absolute atomic E-state index is 11.5. The highest BCUT2D eigenvalue weighted by Crippen LogP contribution is 2.33. The van der Waals surface area contributed by atoms with Crippen LogP contribution in [0.3, 0.4) is 0 Å². The summed E-state index contributed by atoms with van der Waals surface area (Å²) >= 11 is 0. The molecule has 3 N–H and O–H groups in total. The quantitative estimate of drug-likeness (QED) is 0.598. The molecule has 1 atom stereocenters. The normalized spacial score (nSPS) is 23.0. The highest BCUT2D eigenvalue weighted by atomic mass is 16.5. The van der Waals surface area contributed by atoms with Gasteiger partial charge in [-0.25, -0.2) is 9.48 Å². The number of primary amides is 1. The van der Waals surface area contributed by atoms with Crippen molar-refractivity contribution in [2.45, 2.75) is 51.2 Å². The number of rotatable bonds is 8. The third kappa shape index (κ3) is 4.56. The van der Waals surface area contributed by atoms with Crippen molar-refractivity contribution in [2.75, 3.05) is 45.9 Å². The fourth-order valence-corrected chi connectivity index (χ4v) is 4.15. The minimum absolute atomic E-state index is 0.197. The number of carbonyl (C=O) groups excluding carboxylic acids is 1. The van der Waals surface area contributed by atoms with E-state index in [1.165, 1.54) is 0 Å². The van der Waals surface area contributed by atoms with E-state index in [4.69, 9.17) is 10.5 Å². The maximum Gasteiger partial charge on any atom is 0.314 e. The van der Waals surface area contributed by atoms with E-state index in [-0.39, 0.29) is 17.6 Å². The van der Waals surface area contributed by atoms with Gasteiger partial charge in [0, 0.05) is 38.8 Å². The molecular formula is C17H32N8O2. The van der Waals surface area contributed by atoms with Gasteiger partial charge in [0.05, 0.1) is 18.7 Å². The SMILES string of the molecule is CCOCCn1nnnc1C1(NC2CCN(C(N)=O)C2)CCN(CC)CC1. The van der Waals surface area contributed by atoms with Crippen LogP contribution in [-0.2, 0) is 16.8 Å². The number of hydrogen-bond acceptors (Lipinski definition) is 7. The van der Waals surface area contributed by atoms with Crippen molar-refractivity contribution in [3.8, 4) is 0 Å². The van der Waals surface area contributed by atoms with Crippen molar-refractivity contribution in [1.29, 1.82) is 0 Å². The van der Waals surface area contributed by atoms with Crippen LogP contribution in [0.1, 0.15) is 38.9 Å². The first-order chi connectivity index (χ1) is 13.1. The van der Waals surface area contributed by atoms with Gasteiger partial charge in [-0.15, -0.1) is 5.10 Å². The van der Waals surface area contributed by atoms with Gasteiger partial charge in [-0.3, -0.25) is 5.32 Å². The van der Waals surface area contributed by atoms with Crippen LogP contribution in [0.25, 0.3) is 0 Å². The van der Waals surface area contributed by atoms with E-state index >= 15 is 0 Å². The Morgan fingerprint density at radius 1 is 1.33 bits per heavy atom. The van der Waals surface area contributed by atoms with Crippen LogP contribution in [0.5, 0.6) is 0 Å². The predicted molar refractivity (Wildman–Crippen MR) is 100 cm³/mol. The van der Waals surface area contributed by atoms with Crippen LogP contribution < -0.4 is 11.1 Å². The zero-order chi connectivity index (χ0) is 19.3. The summed E-state index contributed by atoms with van der Waals surface area (Å²) in [6.07, 6.45) is 2.76. The van der Waals surface area contributed by atoms with Gasteiger partial charge in [0.15, 0.2) is 5.82 Å². The monoisotopic (exact) mass is 380 g/mol. The van der Waals surface area contributed by atoms with Crippen molar-refractivity contribution in [3.63, 3.8) is 0 Å². The minimum Gasteiger partial charge on any atom is -0.380 e. The number of amides is 2. The molecule has 3 heterocycles. The number of urea groups is 1. The lowest BCUT2D eigenvalue weighted by atomic mass is 9.85. The van der Waals surface area contributed by atoms with Crippen molar-refractivity contribution in [3.05, 3.63) is 5.82 Å². The number of aromatic nitrogens is 4. The van der Waals surface area contributed by atoms with Gasteiger partial charge in [-0.05, 0) is 43.2 Å². The fraction of sp³-hybridized carbons (Fsp3) is 0.882. The van der Waals surface area contributed by atoms with Crippen molar-refractivity contribution < 1.29 is 9.53 Å². The molecule has 1 aromatic heterocycles. The lowest BCUT2D eigenvalue weighted by molar-refractivity contribution is 0.108. The first kappa shape index (κ1) is 20.0. The second-order valence-corrected chi connectivity index (χ2v) is 7.35. The first-order valence-corrected chi connectivity index (χ1v) is 9.96. The Kier molecular flexibility index (Phi) is 6.61. The molecule has 3 rings (SSSR count). The molecule has 0 spiro atoms. The molecule has 10 heteroatoms. The topological polar surface area (TPSA) is 114 Å². The molecule has 2 amide bonds. The average Bonchev–Trinajstić information content (AvgIpc) is 3.32. The summed E-state index contributed by atoms with van der Waals surface area (Å²) in [6, 6.07) is -0.154. The number of carbonyl (C=O) groups is 1. The van der Waals surface area contributed by atoms with Gasteiger partial charge in [-0.1, -0.05) is 6.92 Å². The highest BCUT2D eigenvalue weighted by Gasteiger charge is 2.43. The van der Waals surface area contributed by atoms with Gasteiger partial charge in [0.2, 0.25) is 0 Å². The van der Waals surface area contributed by atoms with Crippen LogP contribution in [0.2, 0.25) is 0 Å². The van der Waals surface area contributed by atoms with Gasteiger partial charge in [0.1, 0.15) is 0 Å². The zero-order valence-electron chi connectivity index (χ0n) is 16.4. The zero-order valence-corrected chi connectivity index (χ0v) is 16.4. The van der Waals surface area contributed by atoms with Crippen LogP contribution in [0.4, 0.5) is 4.79 Å². The van der Waals surface area contributed by atoms with Crippen LogP contribution in [0, 0.1) is 0 Å². The number of ether oxygens (including phenoxy) is 1. The van der Waals surface area contributed by atoms with E-state index in [1.807, 2.05) is 11.6 Å². The Bertz CT molecular complexity index is 614. The van der Waals surface area contributed by atoms with Crippen LogP contribution >= 0.6 is 0 Å².